The fourth-order valence-corrected chi connectivity index (χ4v) is 1.91. The lowest BCUT2D eigenvalue weighted by Crippen LogP contribution is -2.30. The van der Waals surface area contributed by atoms with E-state index in [0.29, 0.717) is 16.8 Å². The number of anilines is 1. The molecule has 0 spiro atoms. The molecular weight excluding hydrogens is 283 g/mol. The van der Waals surface area contributed by atoms with Crippen LogP contribution in [0.25, 0.3) is 0 Å². The zero-order valence-electron chi connectivity index (χ0n) is 12.8. The van der Waals surface area contributed by atoms with Crippen molar-refractivity contribution in [3.8, 4) is 5.75 Å². The molecule has 0 saturated carbocycles. The first-order valence-corrected chi connectivity index (χ1v) is 6.89. The Labute approximate surface area is 129 Å². The smallest absolute Gasteiger partial charge is 0.488 e. The van der Waals surface area contributed by atoms with Gasteiger partial charge in [-0.3, -0.25) is 0 Å². The highest BCUT2D eigenvalue weighted by Gasteiger charge is 2.14. The molecule has 0 radical (unpaired) electrons. The highest BCUT2D eigenvalue weighted by Crippen LogP contribution is 2.17. The van der Waals surface area contributed by atoms with Gasteiger partial charge < -0.3 is 20.5 Å². The quantitative estimate of drug-likeness (QED) is 0.537. The molecule has 4 N–H and O–H groups in total. The van der Waals surface area contributed by atoms with Gasteiger partial charge in [-0.05, 0) is 38.4 Å². The monoisotopic (exact) mass is 302 g/mol. The lowest BCUT2D eigenvalue weighted by Gasteiger charge is -2.13. The Kier molecular flexibility index (Phi) is 4.84. The van der Waals surface area contributed by atoms with Crippen LogP contribution in [0.5, 0.6) is 5.75 Å². The van der Waals surface area contributed by atoms with Gasteiger partial charge in [0, 0.05) is 5.56 Å². The molecule has 7 nitrogen and oxygen atoms in total. The minimum Gasteiger partial charge on any atom is -0.490 e. The second-order valence-electron chi connectivity index (χ2n) is 5.17. The summed E-state index contributed by atoms with van der Waals surface area (Å²) in [6.07, 6.45) is 3.22. The second-order valence-corrected chi connectivity index (χ2v) is 5.17. The van der Waals surface area contributed by atoms with E-state index in [9.17, 15) is 10.0 Å². The van der Waals surface area contributed by atoms with E-state index in [0.717, 1.165) is 5.69 Å². The average Bonchev–Trinajstić information content (AvgIpc) is 2.75. The summed E-state index contributed by atoms with van der Waals surface area (Å²) in [4.78, 5) is 4.06. The van der Waals surface area contributed by atoms with Crippen LogP contribution in [0.1, 0.15) is 25.1 Å². The Morgan fingerprint density at radius 3 is 2.68 bits per heavy atom. The van der Waals surface area contributed by atoms with E-state index in [1.54, 1.807) is 30.6 Å². The van der Waals surface area contributed by atoms with Gasteiger partial charge in [0.05, 0.1) is 24.2 Å². The number of nitrogens with two attached hydrogens (primary N) is 1. The average molecular weight is 302 g/mol. The van der Waals surface area contributed by atoms with Crippen LogP contribution in [0.3, 0.4) is 0 Å². The molecule has 0 aliphatic rings. The maximum absolute atomic E-state index is 9.29. The van der Waals surface area contributed by atoms with E-state index in [4.69, 9.17) is 10.5 Å². The van der Waals surface area contributed by atoms with Crippen molar-refractivity contribution in [2.45, 2.75) is 26.9 Å². The summed E-state index contributed by atoms with van der Waals surface area (Å²) in [7, 11) is -1.55. The number of ether oxygens (including phenoxy) is 1. The molecule has 2 rings (SSSR count). The Bertz CT molecular complexity index is 683. The molecule has 0 aliphatic carbocycles. The van der Waals surface area contributed by atoms with E-state index in [-0.39, 0.29) is 12.1 Å². The molecule has 1 heterocycles. The van der Waals surface area contributed by atoms with Crippen molar-refractivity contribution >= 4 is 24.7 Å². The predicted molar refractivity (Wildman–Crippen MR) is 86.4 cm³/mol. The van der Waals surface area contributed by atoms with Gasteiger partial charge in [0.2, 0.25) is 5.95 Å². The summed E-state index contributed by atoms with van der Waals surface area (Å²) in [6.45, 7) is 5.64. The van der Waals surface area contributed by atoms with Crippen LogP contribution in [0.15, 0.2) is 29.5 Å². The number of hydrogen-bond acceptors (Lipinski definition) is 6. The van der Waals surface area contributed by atoms with Gasteiger partial charge in [-0.15, -0.1) is 0 Å². The highest BCUT2D eigenvalue weighted by molar-refractivity contribution is 6.58. The third kappa shape index (κ3) is 3.87. The molecule has 0 aliphatic heterocycles. The van der Waals surface area contributed by atoms with Gasteiger partial charge in [0.25, 0.3) is 0 Å². The number of imidazole rings is 1. The molecule has 0 fully saturated rings. The maximum Gasteiger partial charge on any atom is 0.488 e. The third-order valence-corrected chi connectivity index (χ3v) is 2.85. The first-order valence-electron chi connectivity index (χ1n) is 6.89. The second kappa shape index (κ2) is 6.63. The normalized spacial score (nSPS) is 11.4. The molecule has 8 heteroatoms. The fraction of sp³-hybridized carbons (Fsp3) is 0.286. The van der Waals surface area contributed by atoms with Crippen LogP contribution in [0.4, 0.5) is 5.95 Å². The summed E-state index contributed by atoms with van der Waals surface area (Å²) in [6, 6.07) is 4.87. The minimum absolute atomic E-state index is 0.0161. The molecule has 0 saturated heterocycles. The molecule has 116 valence electrons. The Hall–Kier alpha value is -2.32. The lowest BCUT2D eigenvalue weighted by molar-refractivity contribution is 0.242. The van der Waals surface area contributed by atoms with Gasteiger partial charge in [-0.1, -0.05) is 6.07 Å². The number of aryl methyl sites for hydroxylation is 1. The summed E-state index contributed by atoms with van der Waals surface area (Å²) in [5.41, 5.74) is 7.46. The van der Waals surface area contributed by atoms with Crippen LogP contribution in [-0.4, -0.2) is 39.1 Å². The number of benzene rings is 1. The molecule has 22 heavy (non-hydrogen) atoms. The predicted octanol–water partition coefficient (Wildman–Crippen LogP) is 0.123. The van der Waals surface area contributed by atoms with Crippen LogP contribution >= 0.6 is 0 Å². The molecule has 0 amide bonds. The molecule has 0 atom stereocenters. The van der Waals surface area contributed by atoms with Crippen molar-refractivity contribution < 1.29 is 14.8 Å². The summed E-state index contributed by atoms with van der Waals surface area (Å²) >= 11 is 0. The van der Waals surface area contributed by atoms with Crippen LogP contribution in [0, 0.1) is 6.92 Å². The van der Waals surface area contributed by atoms with E-state index >= 15 is 0 Å². The molecule has 0 unspecified atom stereocenters. The van der Waals surface area contributed by atoms with E-state index < -0.39 is 7.12 Å². The van der Waals surface area contributed by atoms with Gasteiger partial charge in [0.15, 0.2) is 0 Å². The van der Waals surface area contributed by atoms with Crippen molar-refractivity contribution in [3.63, 3.8) is 0 Å². The summed E-state index contributed by atoms with van der Waals surface area (Å²) in [5, 5.41) is 22.8. The van der Waals surface area contributed by atoms with Crippen LogP contribution in [-0.2, 0) is 0 Å². The SMILES string of the molecule is Cc1cn(N=Cc2cc(B(O)O)ccc2OC(C)C)c(N)n1. The molecular formula is C14H19BN4O3. The summed E-state index contributed by atoms with van der Waals surface area (Å²) in [5.74, 6) is 0.872. The van der Waals surface area contributed by atoms with Crippen LogP contribution < -0.4 is 15.9 Å². The third-order valence-electron chi connectivity index (χ3n) is 2.85. The Morgan fingerprint density at radius 1 is 1.41 bits per heavy atom. The number of nitrogens with zero attached hydrogens (tertiary/aromatic N) is 3. The first kappa shape index (κ1) is 16.1. The van der Waals surface area contributed by atoms with Gasteiger partial charge >= 0.3 is 7.12 Å². The standard InChI is InChI=1S/C14H19BN4O3/c1-9(2)22-13-5-4-12(15(20)21)6-11(13)7-17-19-8-10(3)18-14(19)16/h4-9,20-21H,1-3H3,(H2,16,18). The van der Waals surface area contributed by atoms with Gasteiger partial charge in [-0.25, -0.2) is 9.66 Å². The molecule has 2 aromatic rings. The zero-order chi connectivity index (χ0) is 16.3. The van der Waals surface area contributed by atoms with E-state index in [1.807, 2.05) is 20.8 Å². The largest absolute Gasteiger partial charge is 0.490 e. The highest BCUT2D eigenvalue weighted by atomic mass is 16.5. The van der Waals surface area contributed by atoms with Crippen LogP contribution in [0.2, 0.25) is 0 Å². The topological polar surface area (TPSA) is 106 Å². The lowest BCUT2D eigenvalue weighted by atomic mass is 9.79. The fourth-order valence-electron chi connectivity index (χ4n) is 1.91. The molecule has 1 aromatic heterocycles. The summed E-state index contributed by atoms with van der Waals surface area (Å²) < 4.78 is 7.13. The maximum atomic E-state index is 9.29. The number of aromatic nitrogens is 2. The minimum atomic E-state index is -1.55. The van der Waals surface area contributed by atoms with E-state index in [1.165, 1.54) is 4.68 Å². The molecule has 0 bridgehead atoms. The van der Waals surface area contributed by atoms with Crippen molar-refractivity contribution in [3.05, 3.63) is 35.7 Å². The van der Waals surface area contributed by atoms with E-state index in [2.05, 4.69) is 10.1 Å². The number of rotatable bonds is 5. The van der Waals surface area contributed by atoms with Crippen molar-refractivity contribution in [1.82, 2.24) is 9.66 Å². The number of nitrogen functional groups attached to an aromatic ring is 1. The molecule has 1 aromatic carbocycles. The van der Waals surface area contributed by atoms with Crippen molar-refractivity contribution in [1.29, 1.82) is 0 Å². The van der Waals surface area contributed by atoms with Gasteiger partial charge in [-0.2, -0.15) is 5.10 Å². The Morgan fingerprint density at radius 2 is 2.14 bits per heavy atom. The zero-order valence-corrected chi connectivity index (χ0v) is 12.8. The number of hydrogen-bond donors (Lipinski definition) is 3. The van der Waals surface area contributed by atoms with Crippen molar-refractivity contribution in [2.24, 2.45) is 5.10 Å². The first-order chi connectivity index (χ1) is 10.4. The van der Waals surface area contributed by atoms with Gasteiger partial charge in [0.1, 0.15) is 5.75 Å². The Balaban J connectivity index is 2.37. The van der Waals surface area contributed by atoms with Crippen molar-refractivity contribution in [2.75, 3.05) is 5.73 Å².